The van der Waals surface area contributed by atoms with Gasteiger partial charge in [-0.2, -0.15) is 0 Å². The SMILES string of the molecule is CCOc1ccc(C(C)=O)cc1N1C(=O)[C@H]2[C@@H](C1=O)[C@]1(C(OC(C)=O)OC(C)=O)C=C[C@H]2O1. The van der Waals surface area contributed by atoms with E-state index in [1.165, 1.54) is 25.1 Å². The second-order valence-corrected chi connectivity index (χ2v) is 8.03. The number of Topliss-reactive ketones (excluding diaryl/α,β-unsaturated/α-hetero) is 1. The van der Waals surface area contributed by atoms with Crippen molar-refractivity contribution in [1.29, 1.82) is 0 Å². The van der Waals surface area contributed by atoms with Crippen molar-refractivity contribution in [3.8, 4) is 5.75 Å². The summed E-state index contributed by atoms with van der Waals surface area (Å²) in [4.78, 5) is 63.5. The number of carbonyl (C=O) groups is 5. The molecule has 3 heterocycles. The fraction of sp³-hybridized carbons (Fsp3) is 0.435. The molecule has 10 heteroatoms. The highest BCUT2D eigenvalue weighted by Gasteiger charge is 2.72. The molecule has 2 saturated heterocycles. The van der Waals surface area contributed by atoms with E-state index in [9.17, 15) is 24.0 Å². The van der Waals surface area contributed by atoms with Gasteiger partial charge in [0.2, 0.25) is 11.8 Å². The Morgan fingerprint density at radius 3 is 2.33 bits per heavy atom. The molecule has 0 unspecified atom stereocenters. The third kappa shape index (κ3) is 3.50. The van der Waals surface area contributed by atoms with E-state index >= 15 is 0 Å². The Morgan fingerprint density at radius 2 is 1.76 bits per heavy atom. The van der Waals surface area contributed by atoms with Gasteiger partial charge in [0, 0.05) is 19.4 Å². The van der Waals surface area contributed by atoms with Crippen molar-refractivity contribution in [1.82, 2.24) is 0 Å². The number of hydrogen-bond acceptors (Lipinski definition) is 9. The minimum absolute atomic E-state index is 0.139. The first kappa shape index (κ1) is 22.7. The Balaban J connectivity index is 1.79. The Morgan fingerprint density at radius 1 is 1.09 bits per heavy atom. The molecule has 0 spiro atoms. The van der Waals surface area contributed by atoms with Gasteiger partial charge in [0.05, 0.1) is 30.2 Å². The van der Waals surface area contributed by atoms with Crippen LogP contribution in [0.3, 0.4) is 0 Å². The van der Waals surface area contributed by atoms with Crippen molar-refractivity contribution in [3.63, 3.8) is 0 Å². The van der Waals surface area contributed by atoms with Crippen LogP contribution in [0.5, 0.6) is 5.75 Å². The molecule has 1 aromatic carbocycles. The number of anilines is 1. The van der Waals surface area contributed by atoms with E-state index < -0.39 is 53.6 Å². The van der Waals surface area contributed by atoms with Gasteiger partial charge >= 0.3 is 11.9 Å². The number of ketones is 1. The van der Waals surface area contributed by atoms with Crippen LogP contribution in [0.1, 0.15) is 38.1 Å². The molecule has 174 valence electrons. The number of esters is 2. The smallest absolute Gasteiger partial charge is 0.305 e. The standard InChI is InChI=1S/C23H23NO9/c1-5-30-16-7-6-14(11(2)25)10-15(16)24-20(28)18-17-8-9-23(33-17,19(18)21(24)29)22(31-12(3)26)32-13(4)27/h6-10,17-19,22H,5H2,1-4H3/t17-,18-,19+,23+/m1/s1. The number of nitrogens with zero attached hydrogens (tertiary/aromatic N) is 1. The highest BCUT2D eigenvalue weighted by atomic mass is 16.7. The molecule has 10 nitrogen and oxygen atoms in total. The summed E-state index contributed by atoms with van der Waals surface area (Å²) in [5.74, 6) is -4.71. The van der Waals surface area contributed by atoms with Crippen LogP contribution in [-0.2, 0) is 33.4 Å². The predicted molar refractivity (Wildman–Crippen MR) is 111 cm³/mol. The third-order valence-corrected chi connectivity index (χ3v) is 5.90. The summed E-state index contributed by atoms with van der Waals surface area (Å²) in [6, 6.07) is 4.52. The summed E-state index contributed by atoms with van der Waals surface area (Å²) in [7, 11) is 0. The van der Waals surface area contributed by atoms with Crippen LogP contribution in [0.2, 0.25) is 0 Å². The quantitative estimate of drug-likeness (QED) is 0.197. The van der Waals surface area contributed by atoms with E-state index in [0.717, 1.165) is 18.7 Å². The lowest BCUT2D eigenvalue weighted by molar-refractivity contribution is -0.226. The van der Waals surface area contributed by atoms with Crippen LogP contribution in [-0.4, -0.2) is 54.1 Å². The second-order valence-electron chi connectivity index (χ2n) is 8.03. The number of fused-ring (bicyclic) bond motifs is 5. The topological polar surface area (TPSA) is 126 Å². The maximum atomic E-state index is 13.7. The molecule has 0 saturated carbocycles. The normalized spacial score (nSPS) is 27.2. The molecule has 33 heavy (non-hydrogen) atoms. The van der Waals surface area contributed by atoms with E-state index in [4.69, 9.17) is 18.9 Å². The van der Waals surface area contributed by atoms with Crippen molar-refractivity contribution in [2.45, 2.75) is 45.7 Å². The zero-order valence-electron chi connectivity index (χ0n) is 18.5. The van der Waals surface area contributed by atoms with Crippen molar-refractivity contribution >= 4 is 35.2 Å². The average Bonchev–Trinajstić information content (AvgIpc) is 3.38. The molecule has 4 rings (SSSR count). The van der Waals surface area contributed by atoms with Crippen molar-refractivity contribution < 1.29 is 42.9 Å². The number of imide groups is 1. The van der Waals surface area contributed by atoms with E-state index in [2.05, 4.69) is 0 Å². The van der Waals surface area contributed by atoms with Gasteiger partial charge in [-0.05, 0) is 38.1 Å². The third-order valence-electron chi connectivity index (χ3n) is 5.90. The largest absolute Gasteiger partial charge is 0.492 e. The monoisotopic (exact) mass is 457 g/mol. The van der Waals surface area contributed by atoms with Crippen molar-refractivity contribution in [2.24, 2.45) is 11.8 Å². The van der Waals surface area contributed by atoms with Crippen LogP contribution >= 0.6 is 0 Å². The number of amides is 2. The van der Waals surface area contributed by atoms with Gasteiger partial charge in [-0.1, -0.05) is 6.08 Å². The molecule has 2 amide bonds. The van der Waals surface area contributed by atoms with Gasteiger partial charge in [-0.3, -0.25) is 24.0 Å². The van der Waals surface area contributed by atoms with Crippen molar-refractivity contribution in [2.75, 3.05) is 11.5 Å². The Bertz CT molecular complexity index is 1080. The number of rotatable bonds is 7. The summed E-state index contributed by atoms with van der Waals surface area (Å²) >= 11 is 0. The first-order valence-corrected chi connectivity index (χ1v) is 10.5. The highest BCUT2D eigenvalue weighted by Crippen LogP contribution is 2.55. The van der Waals surface area contributed by atoms with E-state index in [0.29, 0.717) is 5.56 Å². The summed E-state index contributed by atoms with van der Waals surface area (Å²) in [6.45, 7) is 5.66. The zero-order valence-corrected chi connectivity index (χ0v) is 18.5. The van der Waals surface area contributed by atoms with Crippen LogP contribution in [0.15, 0.2) is 30.4 Å². The lowest BCUT2D eigenvalue weighted by atomic mass is 9.76. The highest BCUT2D eigenvalue weighted by molar-refractivity contribution is 6.24. The van der Waals surface area contributed by atoms with Gasteiger partial charge in [0.1, 0.15) is 5.75 Å². The number of benzene rings is 1. The van der Waals surface area contributed by atoms with Crippen LogP contribution in [0.4, 0.5) is 5.69 Å². The van der Waals surface area contributed by atoms with Crippen molar-refractivity contribution in [3.05, 3.63) is 35.9 Å². The zero-order chi connectivity index (χ0) is 24.1. The lowest BCUT2D eigenvalue weighted by Gasteiger charge is -2.34. The first-order valence-electron chi connectivity index (χ1n) is 10.5. The van der Waals surface area contributed by atoms with Crippen LogP contribution in [0.25, 0.3) is 0 Å². The molecule has 2 bridgehead atoms. The molecule has 3 aliphatic rings. The van der Waals surface area contributed by atoms with Crippen LogP contribution in [0, 0.1) is 11.8 Å². The molecule has 3 aliphatic heterocycles. The Kier molecular flexibility index (Phi) is 5.57. The van der Waals surface area contributed by atoms with Crippen LogP contribution < -0.4 is 9.64 Å². The summed E-state index contributed by atoms with van der Waals surface area (Å²) in [5, 5.41) is 0. The average molecular weight is 457 g/mol. The van der Waals surface area contributed by atoms with E-state index in [1.54, 1.807) is 19.1 Å². The summed E-state index contributed by atoms with van der Waals surface area (Å²) in [5.41, 5.74) is -1.21. The predicted octanol–water partition coefficient (Wildman–Crippen LogP) is 1.55. The lowest BCUT2D eigenvalue weighted by Crippen LogP contribution is -2.52. The second kappa shape index (κ2) is 8.11. The first-order chi connectivity index (χ1) is 15.6. The number of ether oxygens (including phenoxy) is 4. The molecule has 0 aliphatic carbocycles. The van der Waals surface area contributed by atoms with E-state index in [-0.39, 0.29) is 23.8 Å². The molecule has 0 aromatic heterocycles. The van der Waals surface area contributed by atoms with Gasteiger partial charge in [0.15, 0.2) is 11.4 Å². The summed E-state index contributed by atoms with van der Waals surface area (Å²) < 4.78 is 21.9. The fourth-order valence-electron chi connectivity index (χ4n) is 4.64. The molecule has 2 fully saturated rings. The molecule has 0 N–H and O–H groups in total. The molecular formula is C23H23NO9. The fourth-order valence-corrected chi connectivity index (χ4v) is 4.64. The molecule has 0 radical (unpaired) electrons. The maximum absolute atomic E-state index is 13.7. The molecule has 1 aromatic rings. The number of carbonyl (C=O) groups excluding carboxylic acids is 5. The minimum atomic E-state index is -1.65. The van der Waals surface area contributed by atoms with Gasteiger partial charge < -0.3 is 18.9 Å². The number of hydrogen-bond donors (Lipinski definition) is 0. The Hall–Kier alpha value is -3.53. The molecule has 4 atom stereocenters. The maximum Gasteiger partial charge on any atom is 0.305 e. The van der Waals surface area contributed by atoms with Gasteiger partial charge in [-0.15, -0.1) is 0 Å². The van der Waals surface area contributed by atoms with E-state index in [1.807, 2.05) is 0 Å². The van der Waals surface area contributed by atoms with Gasteiger partial charge in [-0.25, -0.2) is 4.90 Å². The summed E-state index contributed by atoms with van der Waals surface area (Å²) in [6.07, 6.45) is 0.747. The Labute approximate surface area is 189 Å². The molecular weight excluding hydrogens is 434 g/mol. The van der Waals surface area contributed by atoms with Gasteiger partial charge in [0.25, 0.3) is 6.29 Å². The minimum Gasteiger partial charge on any atom is -0.492 e.